The summed E-state index contributed by atoms with van der Waals surface area (Å²) in [5, 5.41) is 9.86. The van der Waals surface area contributed by atoms with Crippen molar-refractivity contribution in [1.82, 2.24) is 9.47 Å². The van der Waals surface area contributed by atoms with Crippen LogP contribution >= 0.6 is 0 Å². The van der Waals surface area contributed by atoms with Crippen LogP contribution in [0.1, 0.15) is 19.3 Å². The zero-order chi connectivity index (χ0) is 17.6. The molecule has 6 nitrogen and oxygen atoms in total. The lowest BCUT2D eigenvalue weighted by molar-refractivity contribution is 0.253. The maximum Gasteiger partial charge on any atom is 0.251 e. The van der Waals surface area contributed by atoms with E-state index in [0.29, 0.717) is 13.2 Å². The highest BCUT2D eigenvalue weighted by Crippen LogP contribution is 2.20. The van der Waals surface area contributed by atoms with Gasteiger partial charge in [-0.2, -0.15) is 0 Å². The summed E-state index contributed by atoms with van der Waals surface area (Å²) in [6, 6.07) is 9.58. The second-order valence-corrected chi connectivity index (χ2v) is 6.67. The maximum absolute atomic E-state index is 12.4. The normalized spacial score (nSPS) is 18.1. The molecule has 1 atom stereocenters. The first kappa shape index (κ1) is 17.9. The molecule has 2 heterocycles. The SMILES string of the molecule is N[C@H]1CCN(CCn2c(=O)ccc3ccc(OCCCCO)cc32)C1. The number of pyridine rings is 1. The number of hydrogen-bond acceptors (Lipinski definition) is 5. The Labute approximate surface area is 147 Å². The van der Waals surface area contributed by atoms with Crippen LogP contribution in [0.4, 0.5) is 0 Å². The molecule has 0 unspecified atom stereocenters. The number of hydrogen-bond donors (Lipinski definition) is 2. The van der Waals surface area contributed by atoms with Crippen LogP contribution in [0.25, 0.3) is 10.9 Å². The summed E-state index contributed by atoms with van der Waals surface area (Å²) in [6.45, 7) is 4.12. The van der Waals surface area contributed by atoms with Crippen LogP contribution in [0, 0.1) is 0 Å². The van der Waals surface area contributed by atoms with Gasteiger partial charge in [0.15, 0.2) is 0 Å². The monoisotopic (exact) mass is 345 g/mol. The zero-order valence-corrected chi connectivity index (χ0v) is 14.6. The van der Waals surface area contributed by atoms with E-state index in [9.17, 15) is 4.79 Å². The third-order valence-electron chi connectivity index (χ3n) is 4.73. The van der Waals surface area contributed by atoms with Crippen molar-refractivity contribution in [2.45, 2.75) is 31.8 Å². The fraction of sp³-hybridized carbons (Fsp3) is 0.526. The number of rotatable bonds is 8. The summed E-state index contributed by atoms with van der Waals surface area (Å²) >= 11 is 0. The third kappa shape index (κ3) is 4.60. The molecule has 3 N–H and O–H groups in total. The number of aromatic nitrogens is 1. The Hall–Kier alpha value is -1.89. The van der Waals surface area contributed by atoms with E-state index in [4.69, 9.17) is 15.6 Å². The Morgan fingerprint density at radius 2 is 2.04 bits per heavy atom. The molecule has 1 aromatic heterocycles. The van der Waals surface area contributed by atoms with Crippen molar-refractivity contribution in [2.24, 2.45) is 5.73 Å². The van der Waals surface area contributed by atoms with Gasteiger partial charge in [0, 0.05) is 44.4 Å². The highest BCUT2D eigenvalue weighted by Gasteiger charge is 2.18. The van der Waals surface area contributed by atoms with Crippen LogP contribution in [0.3, 0.4) is 0 Å². The van der Waals surface area contributed by atoms with Crippen LogP contribution in [0.2, 0.25) is 0 Å². The Morgan fingerprint density at radius 1 is 1.20 bits per heavy atom. The Bertz CT molecular complexity index is 759. The van der Waals surface area contributed by atoms with Crippen LogP contribution in [0.15, 0.2) is 35.1 Å². The molecule has 136 valence electrons. The first-order chi connectivity index (χ1) is 12.2. The Balaban J connectivity index is 1.75. The molecular formula is C19H27N3O3. The quantitative estimate of drug-likeness (QED) is 0.703. The highest BCUT2D eigenvalue weighted by atomic mass is 16.5. The van der Waals surface area contributed by atoms with Gasteiger partial charge in [-0.15, -0.1) is 0 Å². The lowest BCUT2D eigenvalue weighted by atomic mass is 10.2. The van der Waals surface area contributed by atoms with Gasteiger partial charge in [0.25, 0.3) is 5.56 Å². The lowest BCUT2D eigenvalue weighted by Gasteiger charge is -2.17. The summed E-state index contributed by atoms with van der Waals surface area (Å²) in [5.74, 6) is 0.757. The van der Waals surface area contributed by atoms with Gasteiger partial charge in [-0.25, -0.2) is 0 Å². The average Bonchev–Trinajstić information content (AvgIpc) is 3.03. The molecule has 0 amide bonds. The number of aliphatic hydroxyl groups excluding tert-OH is 1. The summed E-state index contributed by atoms with van der Waals surface area (Å²) in [6.07, 6.45) is 2.57. The summed E-state index contributed by atoms with van der Waals surface area (Å²) in [7, 11) is 0. The molecule has 1 fully saturated rings. The summed E-state index contributed by atoms with van der Waals surface area (Å²) in [5.41, 5.74) is 6.87. The summed E-state index contributed by atoms with van der Waals surface area (Å²) in [4.78, 5) is 14.7. The Morgan fingerprint density at radius 3 is 2.80 bits per heavy atom. The van der Waals surface area contributed by atoms with Crippen molar-refractivity contribution in [3.63, 3.8) is 0 Å². The number of aliphatic hydroxyl groups is 1. The number of fused-ring (bicyclic) bond motifs is 1. The molecule has 0 spiro atoms. The number of nitrogens with zero attached hydrogens (tertiary/aromatic N) is 2. The van der Waals surface area contributed by atoms with E-state index in [1.54, 1.807) is 6.07 Å². The van der Waals surface area contributed by atoms with Crippen molar-refractivity contribution >= 4 is 10.9 Å². The molecule has 1 aliphatic heterocycles. The van der Waals surface area contributed by atoms with Gasteiger partial charge in [0.1, 0.15) is 5.75 Å². The number of benzene rings is 1. The first-order valence-electron chi connectivity index (χ1n) is 9.02. The molecule has 6 heteroatoms. The average molecular weight is 345 g/mol. The molecule has 1 saturated heterocycles. The van der Waals surface area contributed by atoms with E-state index in [2.05, 4.69) is 4.90 Å². The molecule has 0 bridgehead atoms. The van der Waals surface area contributed by atoms with E-state index >= 15 is 0 Å². The topological polar surface area (TPSA) is 80.7 Å². The van der Waals surface area contributed by atoms with E-state index in [1.165, 1.54) is 0 Å². The molecule has 0 radical (unpaired) electrons. The zero-order valence-electron chi connectivity index (χ0n) is 14.6. The minimum absolute atomic E-state index is 0.00780. The molecule has 2 aromatic rings. The van der Waals surface area contributed by atoms with E-state index in [0.717, 1.165) is 55.5 Å². The van der Waals surface area contributed by atoms with E-state index < -0.39 is 0 Å². The minimum Gasteiger partial charge on any atom is -0.494 e. The molecule has 3 rings (SSSR count). The van der Waals surface area contributed by atoms with E-state index in [1.807, 2.05) is 28.8 Å². The van der Waals surface area contributed by atoms with Gasteiger partial charge < -0.3 is 20.1 Å². The molecule has 0 aliphatic carbocycles. The fourth-order valence-corrected chi connectivity index (χ4v) is 3.30. The second kappa shape index (κ2) is 8.47. The van der Waals surface area contributed by atoms with Crippen molar-refractivity contribution < 1.29 is 9.84 Å². The number of likely N-dealkylation sites (tertiary alicyclic amines) is 1. The van der Waals surface area contributed by atoms with Crippen molar-refractivity contribution in [1.29, 1.82) is 0 Å². The number of ether oxygens (including phenoxy) is 1. The van der Waals surface area contributed by atoms with Crippen LogP contribution in [-0.2, 0) is 6.54 Å². The highest BCUT2D eigenvalue weighted by molar-refractivity contribution is 5.80. The van der Waals surface area contributed by atoms with Crippen LogP contribution in [0.5, 0.6) is 5.75 Å². The Kier molecular flexibility index (Phi) is 6.07. The van der Waals surface area contributed by atoms with Crippen molar-refractivity contribution in [3.8, 4) is 5.75 Å². The molecule has 1 aliphatic rings. The molecule has 25 heavy (non-hydrogen) atoms. The van der Waals surface area contributed by atoms with Gasteiger partial charge in [-0.3, -0.25) is 9.69 Å². The smallest absolute Gasteiger partial charge is 0.251 e. The largest absolute Gasteiger partial charge is 0.494 e. The van der Waals surface area contributed by atoms with Gasteiger partial charge >= 0.3 is 0 Å². The van der Waals surface area contributed by atoms with Gasteiger partial charge in [0.05, 0.1) is 12.1 Å². The standard InChI is InChI=1S/C19H27N3O3/c20-16-7-8-21(14-16)9-10-22-18-13-17(25-12-2-1-11-23)5-3-15(18)4-6-19(22)24/h3-6,13,16,23H,1-2,7-12,14,20H2/t16-/m0/s1. The lowest BCUT2D eigenvalue weighted by Crippen LogP contribution is -2.31. The van der Waals surface area contributed by atoms with Crippen LogP contribution in [-0.4, -0.2) is 53.5 Å². The second-order valence-electron chi connectivity index (χ2n) is 6.67. The van der Waals surface area contributed by atoms with Crippen LogP contribution < -0.4 is 16.0 Å². The number of nitrogens with two attached hydrogens (primary N) is 1. The van der Waals surface area contributed by atoms with Gasteiger partial charge in [0.2, 0.25) is 0 Å². The third-order valence-corrected chi connectivity index (χ3v) is 4.73. The van der Waals surface area contributed by atoms with Crippen molar-refractivity contribution in [2.75, 3.05) is 32.8 Å². The maximum atomic E-state index is 12.4. The van der Waals surface area contributed by atoms with E-state index in [-0.39, 0.29) is 18.2 Å². The predicted molar refractivity (Wildman–Crippen MR) is 99.1 cm³/mol. The summed E-state index contributed by atoms with van der Waals surface area (Å²) < 4.78 is 7.57. The first-order valence-corrected chi connectivity index (χ1v) is 9.02. The van der Waals surface area contributed by atoms with Crippen molar-refractivity contribution in [3.05, 3.63) is 40.7 Å². The molecule has 0 saturated carbocycles. The predicted octanol–water partition coefficient (Wildman–Crippen LogP) is 1.19. The minimum atomic E-state index is 0.00780. The van der Waals surface area contributed by atoms with Gasteiger partial charge in [-0.05, 0) is 49.4 Å². The molecule has 1 aromatic carbocycles. The van der Waals surface area contributed by atoms with Gasteiger partial charge in [-0.1, -0.05) is 0 Å². The molecular weight excluding hydrogens is 318 g/mol. The number of unbranched alkanes of at least 4 members (excludes halogenated alkanes) is 1. The fourth-order valence-electron chi connectivity index (χ4n) is 3.30.